The number of sulfonamides is 1. The van der Waals surface area contributed by atoms with Crippen molar-refractivity contribution >= 4 is 10.0 Å². The van der Waals surface area contributed by atoms with Gasteiger partial charge in [0.1, 0.15) is 5.82 Å². The lowest BCUT2D eigenvalue weighted by Gasteiger charge is -1.96. The van der Waals surface area contributed by atoms with Gasteiger partial charge in [0.2, 0.25) is 0 Å². The molecule has 0 bridgehead atoms. The molecule has 2 atom stereocenters. The number of rotatable bonds is 3. The van der Waals surface area contributed by atoms with Gasteiger partial charge in [-0.15, -0.1) is 5.10 Å². The van der Waals surface area contributed by atoms with E-state index in [4.69, 9.17) is 5.14 Å². The molecule has 1 aliphatic rings. The molecule has 3 N–H and O–H groups in total. The zero-order valence-electron chi connectivity index (χ0n) is 9.45. The molecule has 1 saturated carbocycles. The molecule has 7 heteroatoms. The fourth-order valence-corrected chi connectivity index (χ4v) is 2.52. The van der Waals surface area contributed by atoms with E-state index in [1.807, 2.05) is 18.2 Å². The van der Waals surface area contributed by atoms with Gasteiger partial charge in [-0.2, -0.15) is 0 Å². The molecule has 18 heavy (non-hydrogen) atoms. The third kappa shape index (κ3) is 2.02. The lowest BCUT2D eigenvalue weighted by atomic mass is 10.1. The Bertz CT molecular complexity index is 665. The minimum absolute atomic E-state index is 0.204. The first-order valence-electron chi connectivity index (χ1n) is 5.56. The summed E-state index contributed by atoms with van der Waals surface area (Å²) in [5.74, 6) is 1.18. The van der Waals surface area contributed by atoms with Crippen molar-refractivity contribution in [2.75, 3.05) is 0 Å². The molecular formula is C11H12N4O2S. The van der Waals surface area contributed by atoms with Gasteiger partial charge in [-0.1, -0.05) is 30.3 Å². The van der Waals surface area contributed by atoms with Crippen molar-refractivity contribution in [2.24, 2.45) is 5.14 Å². The third-order valence-electron chi connectivity index (χ3n) is 3.11. The Morgan fingerprint density at radius 1 is 1.22 bits per heavy atom. The van der Waals surface area contributed by atoms with Crippen molar-refractivity contribution in [3.05, 3.63) is 41.7 Å². The number of nitrogens with zero attached hydrogens (tertiary/aromatic N) is 2. The molecule has 94 valence electrons. The quantitative estimate of drug-likeness (QED) is 0.852. The summed E-state index contributed by atoms with van der Waals surface area (Å²) < 4.78 is 22.1. The Balaban J connectivity index is 1.81. The van der Waals surface area contributed by atoms with Gasteiger partial charge in [-0.25, -0.2) is 18.5 Å². The lowest BCUT2D eigenvalue weighted by molar-refractivity contribution is 0.589. The molecule has 1 aromatic carbocycles. The van der Waals surface area contributed by atoms with Crippen LogP contribution >= 0.6 is 0 Å². The fraction of sp³-hybridized carbons (Fsp3) is 0.273. The van der Waals surface area contributed by atoms with Gasteiger partial charge in [-0.05, 0) is 17.9 Å². The topological polar surface area (TPSA) is 102 Å². The maximum absolute atomic E-state index is 11.1. The summed E-state index contributed by atoms with van der Waals surface area (Å²) in [7, 11) is -3.82. The third-order valence-corrected chi connectivity index (χ3v) is 3.80. The smallest absolute Gasteiger partial charge is 0.262 e. The molecule has 0 amide bonds. The Kier molecular flexibility index (Phi) is 2.46. The predicted molar refractivity (Wildman–Crippen MR) is 64.3 cm³/mol. The van der Waals surface area contributed by atoms with E-state index in [9.17, 15) is 8.42 Å². The summed E-state index contributed by atoms with van der Waals surface area (Å²) in [5, 5.41) is 10.9. The molecule has 0 saturated heterocycles. The highest BCUT2D eigenvalue weighted by molar-refractivity contribution is 7.89. The van der Waals surface area contributed by atoms with E-state index in [0.717, 1.165) is 6.42 Å². The number of aromatic nitrogens is 3. The maximum atomic E-state index is 11.1. The van der Waals surface area contributed by atoms with Gasteiger partial charge < -0.3 is 0 Å². The Labute approximate surface area is 104 Å². The molecular weight excluding hydrogens is 252 g/mol. The molecule has 1 fully saturated rings. The SMILES string of the molecule is NS(=O)(=O)c1n[nH]c(C2CC2c2ccccc2)n1. The van der Waals surface area contributed by atoms with Crippen molar-refractivity contribution in [3.63, 3.8) is 0 Å². The normalized spacial score (nSPS) is 22.9. The molecule has 0 aliphatic heterocycles. The number of H-pyrrole nitrogens is 1. The predicted octanol–water partition coefficient (Wildman–Crippen LogP) is 0.723. The van der Waals surface area contributed by atoms with Crippen LogP contribution in [0.15, 0.2) is 35.5 Å². The summed E-state index contributed by atoms with van der Waals surface area (Å²) in [6, 6.07) is 10.1. The maximum Gasteiger partial charge on any atom is 0.282 e. The largest absolute Gasteiger partial charge is 0.282 e. The van der Waals surface area contributed by atoms with Crippen LogP contribution in [0.5, 0.6) is 0 Å². The average molecular weight is 264 g/mol. The van der Waals surface area contributed by atoms with Crippen molar-refractivity contribution < 1.29 is 8.42 Å². The first-order valence-corrected chi connectivity index (χ1v) is 7.10. The van der Waals surface area contributed by atoms with Crippen LogP contribution < -0.4 is 5.14 Å². The van der Waals surface area contributed by atoms with E-state index in [-0.39, 0.29) is 11.1 Å². The van der Waals surface area contributed by atoms with Crippen LogP contribution in [0, 0.1) is 0 Å². The highest BCUT2D eigenvalue weighted by Gasteiger charge is 2.42. The van der Waals surface area contributed by atoms with Crippen molar-refractivity contribution in [2.45, 2.75) is 23.4 Å². The highest BCUT2D eigenvalue weighted by Crippen LogP contribution is 2.53. The molecule has 2 aromatic rings. The van der Waals surface area contributed by atoms with Gasteiger partial charge in [0.15, 0.2) is 0 Å². The Hall–Kier alpha value is -1.73. The number of primary sulfonamides is 1. The lowest BCUT2D eigenvalue weighted by Crippen LogP contribution is -2.13. The second-order valence-corrected chi connectivity index (χ2v) is 5.86. The standard InChI is InChI=1S/C11H12N4O2S/c12-18(16,17)11-13-10(14-15-11)9-6-8(9)7-4-2-1-3-5-7/h1-5,8-9H,6H2,(H2,12,16,17)(H,13,14,15). The summed E-state index contributed by atoms with van der Waals surface area (Å²) >= 11 is 0. The molecule has 1 aliphatic carbocycles. The molecule has 1 heterocycles. The number of hydrogen-bond donors (Lipinski definition) is 2. The summed E-state index contributed by atoms with van der Waals surface area (Å²) in [5.41, 5.74) is 1.23. The zero-order valence-corrected chi connectivity index (χ0v) is 10.3. The van der Waals surface area contributed by atoms with Gasteiger partial charge >= 0.3 is 0 Å². The number of hydrogen-bond acceptors (Lipinski definition) is 4. The van der Waals surface area contributed by atoms with E-state index in [1.54, 1.807) is 0 Å². The highest BCUT2D eigenvalue weighted by atomic mass is 32.2. The van der Waals surface area contributed by atoms with Crippen LogP contribution in [0.25, 0.3) is 0 Å². The molecule has 0 spiro atoms. The number of nitrogens with two attached hydrogens (primary N) is 1. The summed E-state index contributed by atoms with van der Waals surface area (Å²) in [6.45, 7) is 0. The van der Waals surface area contributed by atoms with Gasteiger partial charge in [0.25, 0.3) is 15.2 Å². The molecule has 6 nitrogen and oxygen atoms in total. The second kappa shape index (κ2) is 3.89. The fourth-order valence-electron chi connectivity index (χ4n) is 2.12. The Morgan fingerprint density at radius 3 is 2.56 bits per heavy atom. The van der Waals surface area contributed by atoms with E-state index in [0.29, 0.717) is 11.7 Å². The van der Waals surface area contributed by atoms with Crippen LogP contribution in [0.2, 0.25) is 0 Å². The number of nitrogens with one attached hydrogen (secondary N) is 1. The second-order valence-electron chi connectivity index (χ2n) is 4.41. The van der Waals surface area contributed by atoms with Crippen LogP contribution in [0.3, 0.4) is 0 Å². The van der Waals surface area contributed by atoms with Crippen molar-refractivity contribution in [3.8, 4) is 0 Å². The van der Waals surface area contributed by atoms with E-state index >= 15 is 0 Å². The van der Waals surface area contributed by atoms with Gasteiger partial charge in [-0.3, -0.25) is 5.10 Å². The van der Waals surface area contributed by atoms with Crippen molar-refractivity contribution in [1.29, 1.82) is 0 Å². The van der Waals surface area contributed by atoms with Gasteiger partial charge in [0, 0.05) is 5.92 Å². The minimum Gasteiger partial charge on any atom is -0.262 e. The van der Waals surface area contributed by atoms with Crippen LogP contribution in [0.4, 0.5) is 0 Å². The first-order chi connectivity index (χ1) is 8.55. The first kappa shape index (κ1) is 11.4. The average Bonchev–Trinajstić information content (AvgIpc) is 2.97. The molecule has 2 unspecified atom stereocenters. The number of benzene rings is 1. The molecule has 0 radical (unpaired) electrons. The van der Waals surface area contributed by atoms with Crippen LogP contribution in [-0.4, -0.2) is 23.6 Å². The summed E-state index contributed by atoms with van der Waals surface area (Å²) in [4.78, 5) is 3.94. The van der Waals surface area contributed by atoms with E-state index in [2.05, 4.69) is 27.3 Å². The zero-order chi connectivity index (χ0) is 12.8. The van der Waals surface area contributed by atoms with Gasteiger partial charge in [0.05, 0.1) is 0 Å². The number of aromatic amines is 1. The summed E-state index contributed by atoms with van der Waals surface area (Å²) in [6.07, 6.45) is 0.948. The minimum atomic E-state index is -3.82. The molecule has 3 rings (SSSR count). The monoisotopic (exact) mass is 264 g/mol. The Morgan fingerprint density at radius 2 is 1.94 bits per heavy atom. The van der Waals surface area contributed by atoms with Crippen LogP contribution in [0.1, 0.15) is 29.6 Å². The van der Waals surface area contributed by atoms with Crippen LogP contribution in [-0.2, 0) is 10.0 Å². The van der Waals surface area contributed by atoms with E-state index in [1.165, 1.54) is 5.56 Å². The van der Waals surface area contributed by atoms with Crippen molar-refractivity contribution in [1.82, 2.24) is 15.2 Å². The molecule has 1 aromatic heterocycles. The van der Waals surface area contributed by atoms with E-state index < -0.39 is 10.0 Å².